The van der Waals surface area contributed by atoms with Crippen LogP contribution in [-0.4, -0.2) is 65.2 Å². The van der Waals surface area contributed by atoms with Gasteiger partial charge < -0.3 is 4.74 Å². The Morgan fingerprint density at radius 3 is 2.52 bits per heavy atom. The molecule has 1 fully saturated rings. The lowest BCUT2D eigenvalue weighted by Gasteiger charge is -2.37. The van der Waals surface area contributed by atoms with E-state index in [0.717, 1.165) is 25.2 Å². The molecule has 2 heterocycles. The van der Waals surface area contributed by atoms with Crippen molar-refractivity contribution in [1.29, 1.82) is 0 Å². The van der Waals surface area contributed by atoms with E-state index < -0.39 is 11.7 Å². The van der Waals surface area contributed by atoms with E-state index >= 15 is 0 Å². The molecule has 23 heavy (non-hydrogen) atoms. The minimum atomic E-state index is -4.39. The van der Waals surface area contributed by atoms with Gasteiger partial charge in [0.05, 0.1) is 24.3 Å². The van der Waals surface area contributed by atoms with Gasteiger partial charge >= 0.3 is 6.18 Å². The molecule has 9 heteroatoms. The summed E-state index contributed by atoms with van der Waals surface area (Å²) in [5, 5.41) is 8.01. The first-order valence-corrected chi connectivity index (χ1v) is 7.28. The average Bonchev–Trinajstić information content (AvgIpc) is 2.90. The van der Waals surface area contributed by atoms with E-state index in [0.29, 0.717) is 18.7 Å². The van der Waals surface area contributed by atoms with Gasteiger partial charge in [0.25, 0.3) is 0 Å². The van der Waals surface area contributed by atoms with Crippen molar-refractivity contribution in [2.24, 2.45) is 0 Å². The van der Waals surface area contributed by atoms with Gasteiger partial charge in [0, 0.05) is 13.1 Å². The number of nitrogens with zero attached hydrogens (tertiary/aromatic N) is 5. The molecule has 1 aromatic carbocycles. The van der Waals surface area contributed by atoms with Gasteiger partial charge in [-0.3, -0.25) is 9.80 Å². The molecule has 0 aliphatic carbocycles. The molecule has 6 nitrogen and oxygen atoms in total. The van der Waals surface area contributed by atoms with Crippen LogP contribution >= 0.6 is 0 Å². The largest absolute Gasteiger partial charge is 0.416 e. The molecule has 0 radical (unpaired) electrons. The monoisotopic (exact) mass is 329 g/mol. The second-order valence-electron chi connectivity index (χ2n) is 5.69. The normalized spacial score (nSPS) is 18.7. The van der Waals surface area contributed by atoms with Crippen LogP contribution in [-0.2, 0) is 10.9 Å². The van der Waals surface area contributed by atoms with Crippen LogP contribution in [0.15, 0.2) is 18.2 Å². The van der Waals surface area contributed by atoms with Gasteiger partial charge in [-0.15, -0.1) is 5.10 Å². The van der Waals surface area contributed by atoms with E-state index in [1.165, 1.54) is 6.07 Å². The molecule has 1 saturated heterocycles. The number of hydrogen-bond acceptors (Lipinski definition) is 5. The third-order valence-electron chi connectivity index (χ3n) is 3.85. The molecule has 1 atom stereocenters. The molecular formula is C14H18F3N5O. The van der Waals surface area contributed by atoms with Crippen LogP contribution in [0.3, 0.4) is 0 Å². The third-order valence-corrected chi connectivity index (χ3v) is 3.85. The summed E-state index contributed by atoms with van der Waals surface area (Å²) < 4.78 is 45.5. The zero-order valence-corrected chi connectivity index (χ0v) is 12.9. The molecule has 1 unspecified atom stereocenters. The second-order valence-corrected chi connectivity index (χ2v) is 5.69. The molecule has 0 spiro atoms. The number of fused-ring (bicyclic) bond motifs is 1. The Bertz CT molecular complexity index is 679. The van der Waals surface area contributed by atoms with Gasteiger partial charge in [0.1, 0.15) is 5.52 Å². The minimum absolute atomic E-state index is 0.222. The standard InChI is InChI=1S/C14H18F3N5O/c1-20(2)13(21-5-7-23-8-6-21)22-12-4-3-10(14(15,16)17)9-11(12)18-19-22/h3-4,9,13H,5-8H2,1-2H3. The molecule has 0 amide bonds. The van der Waals surface area contributed by atoms with Crippen molar-refractivity contribution in [3.63, 3.8) is 0 Å². The Morgan fingerprint density at radius 2 is 1.91 bits per heavy atom. The van der Waals surface area contributed by atoms with E-state index in [9.17, 15) is 13.2 Å². The van der Waals surface area contributed by atoms with E-state index in [1.54, 1.807) is 4.68 Å². The number of hydrogen-bond donors (Lipinski definition) is 0. The first-order valence-electron chi connectivity index (χ1n) is 7.28. The number of morpholine rings is 1. The molecular weight excluding hydrogens is 311 g/mol. The third kappa shape index (κ3) is 3.17. The summed E-state index contributed by atoms with van der Waals surface area (Å²) in [5.41, 5.74) is 0.0907. The number of halogens is 3. The van der Waals surface area contributed by atoms with Crippen molar-refractivity contribution in [3.05, 3.63) is 23.8 Å². The van der Waals surface area contributed by atoms with Crippen LogP contribution in [0.5, 0.6) is 0 Å². The lowest BCUT2D eigenvalue weighted by atomic mass is 10.2. The van der Waals surface area contributed by atoms with Crippen molar-refractivity contribution in [3.8, 4) is 0 Å². The van der Waals surface area contributed by atoms with Crippen LogP contribution in [0.25, 0.3) is 11.0 Å². The Morgan fingerprint density at radius 1 is 1.22 bits per heavy atom. The fourth-order valence-corrected chi connectivity index (χ4v) is 2.80. The zero-order valence-electron chi connectivity index (χ0n) is 12.9. The van der Waals surface area contributed by atoms with Gasteiger partial charge in [0.15, 0.2) is 6.29 Å². The number of benzene rings is 1. The van der Waals surface area contributed by atoms with Gasteiger partial charge in [-0.1, -0.05) is 5.21 Å². The minimum Gasteiger partial charge on any atom is -0.379 e. The Hall–Kier alpha value is -1.71. The molecule has 1 aliphatic rings. The van der Waals surface area contributed by atoms with Crippen molar-refractivity contribution >= 4 is 11.0 Å². The number of rotatable bonds is 3. The number of alkyl halides is 3. The van der Waals surface area contributed by atoms with Crippen LogP contribution in [0.1, 0.15) is 11.9 Å². The highest BCUT2D eigenvalue weighted by Gasteiger charge is 2.32. The highest BCUT2D eigenvalue weighted by molar-refractivity contribution is 5.75. The van der Waals surface area contributed by atoms with Gasteiger partial charge in [-0.05, 0) is 32.3 Å². The summed E-state index contributed by atoms with van der Waals surface area (Å²) >= 11 is 0. The molecule has 126 valence electrons. The highest BCUT2D eigenvalue weighted by Crippen LogP contribution is 2.31. The summed E-state index contributed by atoms with van der Waals surface area (Å²) in [6, 6.07) is 3.52. The van der Waals surface area contributed by atoms with E-state index in [4.69, 9.17) is 4.74 Å². The zero-order chi connectivity index (χ0) is 16.6. The van der Waals surface area contributed by atoms with Crippen LogP contribution in [0.4, 0.5) is 13.2 Å². The lowest BCUT2D eigenvalue weighted by molar-refractivity contribution is -0.137. The van der Waals surface area contributed by atoms with Gasteiger partial charge in [-0.25, -0.2) is 4.68 Å². The smallest absolute Gasteiger partial charge is 0.379 e. The van der Waals surface area contributed by atoms with Crippen LogP contribution < -0.4 is 0 Å². The molecule has 3 rings (SSSR count). The Balaban J connectivity index is 2.00. The fraction of sp³-hybridized carbons (Fsp3) is 0.571. The summed E-state index contributed by atoms with van der Waals surface area (Å²) in [5.74, 6) is 0. The highest BCUT2D eigenvalue weighted by atomic mass is 19.4. The average molecular weight is 329 g/mol. The SMILES string of the molecule is CN(C)C(N1CCOCC1)n1nnc2cc(C(F)(F)F)ccc21. The Kier molecular flexibility index (Phi) is 4.26. The summed E-state index contributed by atoms with van der Waals surface area (Å²) in [7, 11) is 3.80. The fourth-order valence-electron chi connectivity index (χ4n) is 2.80. The summed E-state index contributed by atoms with van der Waals surface area (Å²) in [4.78, 5) is 4.12. The predicted molar refractivity (Wildman–Crippen MR) is 77.6 cm³/mol. The summed E-state index contributed by atoms with van der Waals surface area (Å²) in [6.45, 7) is 2.69. The first-order chi connectivity index (χ1) is 10.9. The van der Waals surface area contributed by atoms with Gasteiger partial charge in [0.2, 0.25) is 0 Å². The molecule has 0 saturated carbocycles. The maximum Gasteiger partial charge on any atom is 0.416 e. The van der Waals surface area contributed by atoms with E-state index in [2.05, 4.69) is 15.2 Å². The van der Waals surface area contributed by atoms with Crippen LogP contribution in [0, 0.1) is 0 Å². The predicted octanol–water partition coefficient (Wildman–Crippen LogP) is 1.80. The summed E-state index contributed by atoms with van der Waals surface area (Å²) in [6.07, 6.45) is -4.61. The molecule has 0 N–H and O–H groups in total. The molecule has 2 aromatic rings. The quantitative estimate of drug-likeness (QED) is 0.859. The maximum absolute atomic E-state index is 12.8. The second kappa shape index (κ2) is 6.06. The Labute approximate surface area is 131 Å². The maximum atomic E-state index is 12.8. The topological polar surface area (TPSA) is 46.4 Å². The van der Waals surface area contributed by atoms with Crippen molar-refractivity contribution in [1.82, 2.24) is 24.8 Å². The van der Waals surface area contributed by atoms with E-state index in [-0.39, 0.29) is 11.8 Å². The molecule has 1 aliphatic heterocycles. The number of aromatic nitrogens is 3. The lowest BCUT2D eigenvalue weighted by Crippen LogP contribution is -2.47. The molecule has 0 bridgehead atoms. The van der Waals surface area contributed by atoms with E-state index in [1.807, 2.05) is 19.0 Å². The molecule has 1 aromatic heterocycles. The van der Waals surface area contributed by atoms with Crippen molar-refractivity contribution in [2.75, 3.05) is 40.4 Å². The van der Waals surface area contributed by atoms with Crippen LogP contribution in [0.2, 0.25) is 0 Å². The number of ether oxygens (including phenoxy) is 1. The van der Waals surface area contributed by atoms with Crippen molar-refractivity contribution < 1.29 is 17.9 Å². The van der Waals surface area contributed by atoms with Gasteiger partial charge in [-0.2, -0.15) is 13.2 Å². The van der Waals surface area contributed by atoms with Crippen molar-refractivity contribution in [2.45, 2.75) is 12.5 Å². The first kappa shape index (κ1) is 16.2.